The number of hydrogen-bond acceptors (Lipinski definition) is 5. The van der Waals surface area contributed by atoms with E-state index in [-0.39, 0.29) is 17.6 Å². The van der Waals surface area contributed by atoms with Crippen LogP contribution in [0.4, 0.5) is 11.4 Å². The third kappa shape index (κ3) is 6.48. The van der Waals surface area contributed by atoms with Crippen molar-refractivity contribution in [2.75, 3.05) is 30.9 Å². The SMILES string of the molecule is CCOc1ccc(NC(=S)NNC(=O)CNc2cccc(OC)c2)cc1. The summed E-state index contributed by atoms with van der Waals surface area (Å²) >= 11 is 5.14. The van der Waals surface area contributed by atoms with Gasteiger partial charge >= 0.3 is 0 Å². The lowest BCUT2D eigenvalue weighted by Crippen LogP contribution is -2.45. The van der Waals surface area contributed by atoms with E-state index in [2.05, 4.69) is 21.5 Å². The molecule has 0 unspecified atom stereocenters. The van der Waals surface area contributed by atoms with Crippen molar-refractivity contribution in [3.05, 3.63) is 48.5 Å². The summed E-state index contributed by atoms with van der Waals surface area (Å²) in [6, 6.07) is 14.7. The Morgan fingerprint density at radius 1 is 1.04 bits per heavy atom. The Labute approximate surface area is 158 Å². The van der Waals surface area contributed by atoms with Gasteiger partial charge in [-0.1, -0.05) is 6.07 Å². The van der Waals surface area contributed by atoms with E-state index in [1.54, 1.807) is 13.2 Å². The second-order valence-corrected chi connectivity index (χ2v) is 5.58. The van der Waals surface area contributed by atoms with Crippen molar-refractivity contribution in [1.82, 2.24) is 10.9 Å². The molecule has 0 aliphatic heterocycles. The molecule has 0 aromatic heterocycles. The molecule has 0 radical (unpaired) electrons. The number of methoxy groups -OCH3 is 1. The van der Waals surface area contributed by atoms with Crippen molar-refractivity contribution in [3.63, 3.8) is 0 Å². The zero-order chi connectivity index (χ0) is 18.8. The molecule has 0 saturated heterocycles. The van der Waals surface area contributed by atoms with Crippen LogP contribution in [0.3, 0.4) is 0 Å². The number of rotatable bonds is 7. The first-order valence-electron chi connectivity index (χ1n) is 8.07. The predicted octanol–water partition coefficient (Wildman–Crippen LogP) is 2.52. The van der Waals surface area contributed by atoms with E-state index in [1.807, 2.05) is 49.4 Å². The fraction of sp³-hybridized carbons (Fsp3) is 0.222. The van der Waals surface area contributed by atoms with Gasteiger partial charge in [-0.15, -0.1) is 0 Å². The number of ether oxygens (including phenoxy) is 2. The van der Waals surface area contributed by atoms with Crippen LogP contribution in [0.1, 0.15) is 6.92 Å². The molecule has 0 fully saturated rings. The molecule has 1 amide bonds. The van der Waals surface area contributed by atoms with Crippen molar-refractivity contribution in [2.45, 2.75) is 6.92 Å². The highest BCUT2D eigenvalue weighted by Crippen LogP contribution is 2.16. The summed E-state index contributed by atoms with van der Waals surface area (Å²) < 4.78 is 10.5. The van der Waals surface area contributed by atoms with Crippen LogP contribution in [-0.2, 0) is 4.79 Å². The van der Waals surface area contributed by atoms with E-state index in [1.165, 1.54) is 0 Å². The monoisotopic (exact) mass is 374 g/mol. The molecule has 0 heterocycles. The molecule has 2 aromatic rings. The van der Waals surface area contributed by atoms with Gasteiger partial charge in [0.1, 0.15) is 11.5 Å². The number of carbonyl (C=O) groups excluding carboxylic acids is 1. The summed E-state index contributed by atoms with van der Waals surface area (Å²) in [7, 11) is 1.59. The number of hydrogen-bond donors (Lipinski definition) is 4. The van der Waals surface area contributed by atoms with Crippen molar-refractivity contribution in [1.29, 1.82) is 0 Å². The lowest BCUT2D eigenvalue weighted by molar-refractivity contribution is -0.119. The van der Waals surface area contributed by atoms with Gasteiger partial charge < -0.3 is 20.1 Å². The molecule has 2 aromatic carbocycles. The van der Waals surface area contributed by atoms with Crippen molar-refractivity contribution < 1.29 is 14.3 Å². The van der Waals surface area contributed by atoms with E-state index < -0.39 is 0 Å². The van der Waals surface area contributed by atoms with Crippen LogP contribution < -0.4 is 31.0 Å². The summed E-state index contributed by atoms with van der Waals surface area (Å²) in [6.07, 6.45) is 0. The fourth-order valence-electron chi connectivity index (χ4n) is 2.05. The van der Waals surface area contributed by atoms with Crippen LogP contribution in [0.2, 0.25) is 0 Å². The van der Waals surface area contributed by atoms with Gasteiger partial charge in [0.05, 0.1) is 20.3 Å². The largest absolute Gasteiger partial charge is 0.497 e. The topological polar surface area (TPSA) is 83.7 Å². The predicted molar refractivity (Wildman–Crippen MR) is 107 cm³/mol. The highest BCUT2D eigenvalue weighted by atomic mass is 32.1. The maximum absolute atomic E-state index is 11.9. The Balaban J connectivity index is 1.71. The molecule has 0 bridgehead atoms. The smallest absolute Gasteiger partial charge is 0.257 e. The summed E-state index contributed by atoms with van der Waals surface area (Å²) in [6.45, 7) is 2.63. The first kappa shape index (κ1) is 19.3. The summed E-state index contributed by atoms with van der Waals surface area (Å²) in [5.41, 5.74) is 6.75. The number of nitrogens with one attached hydrogen (secondary N) is 4. The lowest BCUT2D eigenvalue weighted by atomic mass is 10.3. The Kier molecular flexibility index (Phi) is 7.50. The van der Waals surface area contributed by atoms with E-state index in [4.69, 9.17) is 21.7 Å². The molecule has 0 atom stereocenters. The van der Waals surface area contributed by atoms with Crippen molar-refractivity contribution in [2.24, 2.45) is 0 Å². The van der Waals surface area contributed by atoms with Crippen LogP contribution in [0.5, 0.6) is 11.5 Å². The molecule has 0 spiro atoms. The normalized spacial score (nSPS) is 9.77. The number of hydrazine groups is 1. The van der Waals surface area contributed by atoms with E-state index >= 15 is 0 Å². The summed E-state index contributed by atoms with van der Waals surface area (Å²) in [5, 5.41) is 6.25. The van der Waals surface area contributed by atoms with Gasteiger partial charge in [0, 0.05) is 17.4 Å². The van der Waals surface area contributed by atoms with Crippen molar-refractivity contribution >= 4 is 34.6 Å². The maximum atomic E-state index is 11.9. The molecule has 8 heteroatoms. The van der Waals surface area contributed by atoms with Crippen LogP contribution >= 0.6 is 12.2 Å². The Morgan fingerprint density at radius 2 is 1.81 bits per heavy atom. The molecular weight excluding hydrogens is 352 g/mol. The number of carbonyl (C=O) groups is 1. The third-order valence-electron chi connectivity index (χ3n) is 3.26. The van der Waals surface area contributed by atoms with Gasteiger partial charge in [0.25, 0.3) is 5.91 Å². The van der Waals surface area contributed by atoms with Gasteiger partial charge in [-0.05, 0) is 55.5 Å². The molecule has 0 aliphatic carbocycles. The van der Waals surface area contributed by atoms with Crippen LogP contribution in [-0.4, -0.2) is 31.3 Å². The molecule has 0 saturated carbocycles. The second kappa shape index (κ2) is 10.1. The first-order chi connectivity index (χ1) is 12.6. The van der Waals surface area contributed by atoms with Crippen LogP contribution in [0.25, 0.3) is 0 Å². The molecule has 26 heavy (non-hydrogen) atoms. The second-order valence-electron chi connectivity index (χ2n) is 5.17. The molecule has 2 rings (SSSR count). The molecule has 4 N–H and O–H groups in total. The van der Waals surface area contributed by atoms with Gasteiger partial charge in [-0.3, -0.25) is 15.6 Å². The molecule has 138 valence electrons. The number of amides is 1. The minimum atomic E-state index is -0.260. The minimum absolute atomic E-state index is 0.0891. The maximum Gasteiger partial charge on any atom is 0.257 e. The number of thiocarbonyl (C=S) groups is 1. The molecular formula is C18H22N4O3S. The standard InChI is InChI=1S/C18H22N4O3S/c1-3-25-15-9-7-13(8-10-15)20-18(26)22-21-17(23)12-19-14-5-4-6-16(11-14)24-2/h4-11,19H,3,12H2,1-2H3,(H,21,23)(H2,20,22,26). The number of anilines is 2. The Bertz CT molecular complexity index is 737. The van der Waals surface area contributed by atoms with Gasteiger partial charge in [-0.25, -0.2) is 0 Å². The Morgan fingerprint density at radius 3 is 2.50 bits per heavy atom. The fourth-order valence-corrected chi connectivity index (χ4v) is 2.22. The zero-order valence-electron chi connectivity index (χ0n) is 14.7. The van der Waals surface area contributed by atoms with E-state index in [0.29, 0.717) is 12.4 Å². The van der Waals surface area contributed by atoms with Gasteiger partial charge in [-0.2, -0.15) is 0 Å². The van der Waals surface area contributed by atoms with Gasteiger partial charge in [0.2, 0.25) is 0 Å². The van der Waals surface area contributed by atoms with E-state index in [9.17, 15) is 4.79 Å². The average molecular weight is 374 g/mol. The van der Waals surface area contributed by atoms with Crippen molar-refractivity contribution in [3.8, 4) is 11.5 Å². The van der Waals surface area contributed by atoms with E-state index in [0.717, 1.165) is 17.1 Å². The zero-order valence-corrected chi connectivity index (χ0v) is 15.5. The van der Waals surface area contributed by atoms with Crippen LogP contribution in [0, 0.1) is 0 Å². The third-order valence-corrected chi connectivity index (χ3v) is 3.47. The summed E-state index contributed by atoms with van der Waals surface area (Å²) in [4.78, 5) is 11.9. The minimum Gasteiger partial charge on any atom is -0.497 e. The highest BCUT2D eigenvalue weighted by molar-refractivity contribution is 7.80. The van der Waals surface area contributed by atoms with Gasteiger partial charge in [0.15, 0.2) is 5.11 Å². The lowest BCUT2D eigenvalue weighted by Gasteiger charge is -2.13. The Hall–Kier alpha value is -3.00. The highest BCUT2D eigenvalue weighted by Gasteiger charge is 2.03. The summed E-state index contributed by atoms with van der Waals surface area (Å²) in [5.74, 6) is 1.24. The molecule has 0 aliphatic rings. The number of benzene rings is 2. The average Bonchev–Trinajstić information content (AvgIpc) is 2.66. The molecule has 7 nitrogen and oxygen atoms in total. The quantitative estimate of drug-likeness (QED) is 0.438. The first-order valence-corrected chi connectivity index (χ1v) is 8.48. The van der Waals surface area contributed by atoms with Crippen LogP contribution in [0.15, 0.2) is 48.5 Å².